The smallest absolute Gasteiger partial charge is 0.320 e. The number of methoxy groups -OCH3 is 3. The van der Waals surface area contributed by atoms with E-state index < -0.39 is 0 Å². The van der Waals surface area contributed by atoms with Crippen LogP contribution in [0.2, 0.25) is 0 Å². The van der Waals surface area contributed by atoms with Gasteiger partial charge in [0, 0.05) is 27.3 Å². The van der Waals surface area contributed by atoms with E-state index in [2.05, 4.69) is 5.32 Å². The topological polar surface area (TPSA) is 69.3 Å². The van der Waals surface area contributed by atoms with Gasteiger partial charge in [0.1, 0.15) is 0 Å². The van der Waals surface area contributed by atoms with E-state index in [1.54, 1.807) is 38.4 Å². The summed E-state index contributed by atoms with van der Waals surface area (Å²) in [5.74, 6) is 1.19. The molecule has 0 fully saturated rings. The summed E-state index contributed by atoms with van der Waals surface area (Å²) in [4.78, 5) is 13.7. The zero-order chi connectivity index (χ0) is 16.2. The number of nitrogens with zero attached hydrogens (tertiary/aromatic N) is 1. The van der Waals surface area contributed by atoms with E-state index in [1.807, 2.05) is 12.1 Å². The molecule has 1 aromatic carbocycles. The van der Waals surface area contributed by atoms with Crippen molar-refractivity contribution >= 4 is 6.03 Å². The number of benzene rings is 1. The normalized spacial score (nSPS) is 10.1. The SMILES string of the molecule is COCCN(CCOC)C(=O)NCOc1ccccc1OC. The molecule has 0 aromatic heterocycles. The van der Waals surface area contributed by atoms with Crippen LogP contribution in [0.1, 0.15) is 0 Å². The summed E-state index contributed by atoms with van der Waals surface area (Å²) in [5, 5.41) is 2.70. The molecule has 0 heterocycles. The largest absolute Gasteiger partial charge is 0.493 e. The molecule has 1 rings (SSSR count). The van der Waals surface area contributed by atoms with Crippen molar-refractivity contribution in [2.75, 3.05) is 54.4 Å². The molecular formula is C15H24N2O5. The summed E-state index contributed by atoms with van der Waals surface area (Å²) < 4.78 is 20.7. The van der Waals surface area contributed by atoms with Crippen LogP contribution in [-0.4, -0.2) is 65.3 Å². The Balaban J connectivity index is 2.44. The molecule has 0 saturated carbocycles. The Morgan fingerprint density at radius 2 is 1.64 bits per heavy atom. The van der Waals surface area contributed by atoms with Gasteiger partial charge in [-0.3, -0.25) is 0 Å². The zero-order valence-corrected chi connectivity index (χ0v) is 13.3. The quantitative estimate of drug-likeness (QED) is 0.660. The zero-order valence-electron chi connectivity index (χ0n) is 13.3. The number of ether oxygens (including phenoxy) is 4. The number of para-hydroxylation sites is 2. The molecule has 0 aliphatic rings. The molecule has 0 aliphatic heterocycles. The van der Waals surface area contributed by atoms with E-state index in [0.29, 0.717) is 37.8 Å². The Bertz CT molecular complexity index is 434. The fourth-order valence-corrected chi connectivity index (χ4v) is 1.74. The van der Waals surface area contributed by atoms with Gasteiger partial charge in [0.2, 0.25) is 0 Å². The fraction of sp³-hybridized carbons (Fsp3) is 0.533. The molecule has 0 unspecified atom stereocenters. The van der Waals surface area contributed by atoms with Crippen molar-refractivity contribution in [3.8, 4) is 11.5 Å². The van der Waals surface area contributed by atoms with E-state index in [9.17, 15) is 4.79 Å². The molecule has 124 valence electrons. The fourth-order valence-electron chi connectivity index (χ4n) is 1.74. The first-order valence-electron chi connectivity index (χ1n) is 6.99. The average Bonchev–Trinajstić information content (AvgIpc) is 2.55. The lowest BCUT2D eigenvalue weighted by Crippen LogP contribution is -2.44. The van der Waals surface area contributed by atoms with Crippen LogP contribution < -0.4 is 14.8 Å². The maximum atomic E-state index is 12.1. The predicted octanol–water partition coefficient (Wildman–Crippen LogP) is 1.34. The first kappa shape index (κ1) is 18.1. The second-order valence-electron chi connectivity index (χ2n) is 4.39. The lowest BCUT2D eigenvalue weighted by molar-refractivity contribution is 0.119. The van der Waals surface area contributed by atoms with Gasteiger partial charge in [-0.15, -0.1) is 0 Å². The lowest BCUT2D eigenvalue weighted by Gasteiger charge is -2.22. The first-order chi connectivity index (χ1) is 10.7. The van der Waals surface area contributed by atoms with Gasteiger partial charge >= 0.3 is 6.03 Å². The standard InChI is InChI=1S/C15H24N2O5/c1-19-10-8-17(9-11-20-2)15(18)16-12-22-14-7-5-4-6-13(14)21-3/h4-7H,8-12H2,1-3H3,(H,16,18). The molecule has 0 spiro atoms. The van der Waals surface area contributed by atoms with Crippen molar-refractivity contribution < 1.29 is 23.7 Å². The van der Waals surface area contributed by atoms with Crippen molar-refractivity contribution in [2.45, 2.75) is 0 Å². The first-order valence-corrected chi connectivity index (χ1v) is 6.99. The highest BCUT2D eigenvalue weighted by Gasteiger charge is 2.12. The van der Waals surface area contributed by atoms with Crippen molar-refractivity contribution in [1.29, 1.82) is 0 Å². The van der Waals surface area contributed by atoms with Crippen LogP contribution in [0.3, 0.4) is 0 Å². The average molecular weight is 312 g/mol. The molecule has 0 aliphatic carbocycles. The van der Waals surface area contributed by atoms with Crippen molar-refractivity contribution in [3.63, 3.8) is 0 Å². The van der Waals surface area contributed by atoms with Crippen molar-refractivity contribution in [1.82, 2.24) is 10.2 Å². The van der Waals surface area contributed by atoms with Gasteiger partial charge in [0.05, 0.1) is 20.3 Å². The van der Waals surface area contributed by atoms with Crippen molar-refractivity contribution in [2.24, 2.45) is 0 Å². The van der Waals surface area contributed by atoms with Crippen LogP contribution >= 0.6 is 0 Å². The molecule has 0 atom stereocenters. The second kappa shape index (κ2) is 10.7. The molecule has 1 aromatic rings. The maximum absolute atomic E-state index is 12.1. The number of urea groups is 1. The van der Waals surface area contributed by atoms with E-state index in [4.69, 9.17) is 18.9 Å². The van der Waals surface area contributed by atoms with Crippen LogP contribution in [0.4, 0.5) is 4.79 Å². The van der Waals surface area contributed by atoms with Gasteiger partial charge in [-0.05, 0) is 12.1 Å². The van der Waals surface area contributed by atoms with Crippen LogP contribution in [0.15, 0.2) is 24.3 Å². The highest BCUT2D eigenvalue weighted by atomic mass is 16.5. The summed E-state index contributed by atoms with van der Waals surface area (Å²) in [6.45, 7) is 1.95. The van der Waals surface area contributed by atoms with E-state index in [0.717, 1.165) is 0 Å². The van der Waals surface area contributed by atoms with Gasteiger partial charge in [0.15, 0.2) is 18.2 Å². The third kappa shape index (κ3) is 6.19. The molecule has 0 bridgehead atoms. The molecule has 22 heavy (non-hydrogen) atoms. The Morgan fingerprint density at radius 1 is 1.05 bits per heavy atom. The van der Waals surface area contributed by atoms with Gasteiger partial charge in [-0.1, -0.05) is 12.1 Å². The minimum Gasteiger partial charge on any atom is -0.493 e. The monoisotopic (exact) mass is 312 g/mol. The van der Waals surface area contributed by atoms with E-state index in [1.165, 1.54) is 0 Å². The molecular weight excluding hydrogens is 288 g/mol. The van der Waals surface area contributed by atoms with Gasteiger partial charge in [-0.25, -0.2) is 4.79 Å². The summed E-state index contributed by atoms with van der Waals surface area (Å²) >= 11 is 0. The number of amides is 2. The van der Waals surface area contributed by atoms with Crippen LogP contribution in [0.5, 0.6) is 11.5 Å². The molecule has 0 radical (unpaired) electrons. The number of hydrogen-bond acceptors (Lipinski definition) is 5. The number of nitrogens with one attached hydrogen (secondary N) is 1. The highest BCUT2D eigenvalue weighted by molar-refractivity contribution is 5.74. The number of carbonyl (C=O) groups excluding carboxylic acids is 1. The van der Waals surface area contributed by atoms with E-state index >= 15 is 0 Å². The Labute approximate surface area is 131 Å². The third-order valence-corrected chi connectivity index (χ3v) is 2.94. The number of hydrogen-bond donors (Lipinski definition) is 1. The maximum Gasteiger partial charge on any atom is 0.320 e. The van der Waals surface area contributed by atoms with Crippen LogP contribution in [0.25, 0.3) is 0 Å². The lowest BCUT2D eigenvalue weighted by atomic mass is 10.3. The molecule has 1 N–H and O–H groups in total. The summed E-state index contributed by atoms with van der Waals surface area (Å²) in [6, 6.07) is 7.02. The summed E-state index contributed by atoms with van der Waals surface area (Å²) in [5.41, 5.74) is 0. The van der Waals surface area contributed by atoms with Crippen molar-refractivity contribution in [3.05, 3.63) is 24.3 Å². The van der Waals surface area contributed by atoms with E-state index in [-0.39, 0.29) is 12.8 Å². The minimum atomic E-state index is -0.232. The van der Waals surface area contributed by atoms with Gasteiger partial charge in [0.25, 0.3) is 0 Å². The number of rotatable bonds is 10. The molecule has 0 saturated heterocycles. The summed E-state index contributed by atoms with van der Waals surface area (Å²) in [6.07, 6.45) is 0. The Hall–Kier alpha value is -1.99. The third-order valence-electron chi connectivity index (χ3n) is 2.94. The Kier molecular flexibility index (Phi) is 8.78. The van der Waals surface area contributed by atoms with Gasteiger partial charge < -0.3 is 29.2 Å². The molecule has 2 amide bonds. The molecule has 7 heteroatoms. The minimum absolute atomic E-state index is 0.0513. The second-order valence-corrected chi connectivity index (χ2v) is 4.39. The van der Waals surface area contributed by atoms with Gasteiger partial charge in [-0.2, -0.15) is 0 Å². The Morgan fingerprint density at radius 3 is 2.18 bits per heavy atom. The van der Waals surface area contributed by atoms with Crippen LogP contribution in [-0.2, 0) is 9.47 Å². The predicted molar refractivity (Wildman–Crippen MR) is 82.3 cm³/mol. The highest BCUT2D eigenvalue weighted by Crippen LogP contribution is 2.25. The molecule has 7 nitrogen and oxygen atoms in total. The summed E-state index contributed by atoms with van der Waals surface area (Å²) in [7, 11) is 4.76. The van der Waals surface area contributed by atoms with Crippen LogP contribution in [0, 0.1) is 0 Å². The number of carbonyl (C=O) groups is 1.